The van der Waals surface area contributed by atoms with E-state index in [-0.39, 0.29) is 5.69 Å². The second kappa shape index (κ2) is 7.96. The summed E-state index contributed by atoms with van der Waals surface area (Å²) in [7, 11) is 2.92. The summed E-state index contributed by atoms with van der Waals surface area (Å²) in [5.41, 5.74) is 4.10. The molecule has 0 amide bonds. The highest BCUT2D eigenvalue weighted by Crippen LogP contribution is 2.47. The number of aliphatic hydroxyl groups excluding tert-OH is 1. The van der Waals surface area contributed by atoms with Gasteiger partial charge < -0.3 is 14.6 Å². The Bertz CT molecular complexity index is 813. The zero-order valence-electron chi connectivity index (χ0n) is 14.7. The first-order valence-corrected chi connectivity index (χ1v) is 7.74. The minimum Gasteiger partial charge on any atom is -0.496 e. The van der Waals surface area contributed by atoms with Gasteiger partial charge in [0.15, 0.2) is 0 Å². The number of nitroso groups, excluding NO2 is 1. The van der Waals surface area contributed by atoms with Gasteiger partial charge in [-0.3, -0.25) is 10.7 Å². The van der Waals surface area contributed by atoms with Gasteiger partial charge in [0.1, 0.15) is 17.2 Å². The van der Waals surface area contributed by atoms with Crippen LogP contribution in [0.2, 0.25) is 0 Å². The average Bonchev–Trinajstić information content (AvgIpc) is 2.63. The second-order valence-corrected chi connectivity index (χ2v) is 5.82. The fourth-order valence-corrected chi connectivity index (χ4v) is 2.77. The smallest absolute Gasteiger partial charge is 0.135 e. The van der Waals surface area contributed by atoms with E-state index in [1.54, 1.807) is 6.07 Å². The predicted molar refractivity (Wildman–Crippen MR) is 96.9 cm³/mol. The topological polar surface area (TPSA) is 100 Å². The van der Waals surface area contributed by atoms with Crippen LogP contribution in [0.1, 0.15) is 31.9 Å². The number of aliphatic hydroxyl groups is 1. The molecule has 2 aromatic carbocycles. The summed E-state index contributed by atoms with van der Waals surface area (Å²) in [5, 5.41) is 23.8. The Kier molecular flexibility index (Phi) is 5.95. The molecule has 0 radical (unpaired) electrons. The molecule has 0 aromatic heterocycles. The molecular weight excluding hydrogens is 324 g/mol. The van der Waals surface area contributed by atoms with Crippen molar-refractivity contribution in [3.8, 4) is 11.5 Å². The van der Waals surface area contributed by atoms with E-state index in [2.05, 4.69) is 10.7 Å². The van der Waals surface area contributed by atoms with Crippen molar-refractivity contribution in [3.05, 3.63) is 40.3 Å². The SMILES string of the molecule is COc1cc([C@@H](O)CC=C(C)C)c(OC)c2c(N=O)ccc(NO)c12. The number of allylic oxidation sites excluding steroid dienone is 1. The number of fused-ring (bicyclic) bond motifs is 1. The Morgan fingerprint density at radius 2 is 2.00 bits per heavy atom. The Balaban J connectivity index is 2.85. The molecule has 0 heterocycles. The third kappa shape index (κ3) is 3.57. The number of nitrogens with zero attached hydrogens (tertiary/aromatic N) is 1. The van der Waals surface area contributed by atoms with Crippen LogP contribution >= 0.6 is 0 Å². The lowest BCUT2D eigenvalue weighted by atomic mass is 9.96. The van der Waals surface area contributed by atoms with Crippen LogP contribution in [-0.2, 0) is 0 Å². The first-order chi connectivity index (χ1) is 12.0. The summed E-state index contributed by atoms with van der Waals surface area (Å²) in [4.78, 5) is 11.3. The molecule has 0 aliphatic carbocycles. The van der Waals surface area contributed by atoms with Gasteiger partial charge in [0.25, 0.3) is 0 Å². The maximum atomic E-state index is 11.3. The first kappa shape index (κ1) is 18.7. The van der Waals surface area contributed by atoms with E-state index < -0.39 is 6.10 Å². The lowest BCUT2D eigenvalue weighted by Gasteiger charge is -2.20. The van der Waals surface area contributed by atoms with Gasteiger partial charge in [-0.2, -0.15) is 0 Å². The third-order valence-electron chi connectivity index (χ3n) is 3.96. The number of methoxy groups -OCH3 is 2. The Labute approximate surface area is 145 Å². The monoisotopic (exact) mass is 346 g/mol. The van der Waals surface area contributed by atoms with E-state index >= 15 is 0 Å². The van der Waals surface area contributed by atoms with Crippen LogP contribution in [0.4, 0.5) is 11.4 Å². The van der Waals surface area contributed by atoms with Crippen molar-refractivity contribution in [1.29, 1.82) is 0 Å². The lowest BCUT2D eigenvalue weighted by molar-refractivity contribution is 0.176. The molecule has 0 aliphatic rings. The predicted octanol–water partition coefficient (Wildman–Crippen LogP) is 4.45. The molecule has 1 atom stereocenters. The van der Waals surface area contributed by atoms with Crippen LogP contribution in [0.15, 0.2) is 35.0 Å². The highest BCUT2D eigenvalue weighted by molar-refractivity contribution is 6.08. The van der Waals surface area contributed by atoms with Crippen LogP contribution in [0.5, 0.6) is 11.5 Å². The van der Waals surface area contributed by atoms with Crippen LogP contribution < -0.4 is 15.0 Å². The summed E-state index contributed by atoms with van der Waals surface area (Å²) in [6.45, 7) is 3.89. The summed E-state index contributed by atoms with van der Waals surface area (Å²) >= 11 is 0. The zero-order valence-corrected chi connectivity index (χ0v) is 14.7. The molecule has 0 saturated heterocycles. The normalized spacial score (nSPS) is 11.8. The summed E-state index contributed by atoms with van der Waals surface area (Å²) < 4.78 is 10.9. The third-order valence-corrected chi connectivity index (χ3v) is 3.96. The highest BCUT2D eigenvalue weighted by Gasteiger charge is 2.23. The van der Waals surface area contributed by atoms with Crippen LogP contribution in [0.3, 0.4) is 0 Å². The minimum absolute atomic E-state index is 0.125. The number of hydrogen-bond acceptors (Lipinski definition) is 7. The standard InChI is InChI=1S/C18H22N2O5/c1-10(2)5-8-14(21)11-9-15(24-3)16-12(19-22)6-7-13(20-23)17(16)18(11)25-4/h5-7,9,14,19,21-22H,8H2,1-4H3/t14-/m0/s1. The van der Waals surface area contributed by atoms with Crippen molar-refractivity contribution < 1.29 is 19.8 Å². The molecule has 25 heavy (non-hydrogen) atoms. The van der Waals surface area contributed by atoms with Crippen molar-refractivity contribution in [2.75, 3.05) is 19.7 Å². The molecule has 134 valence electrons. The maximum absolute atomic E-state index is 11.3. The maximum Gasteiger partial charge on any atom is 0.135 e. The van der Waals surface area contributed by atoms with Gasteiger partial charge in [0, 0.05) is 5.56 Å². The van der Waals surface area contributed by atoms with Crippen molar-refractivity contribution in [3.63, 3.8) is 0 Å². The Morgan fingerprint density at radius 3 is 2.52 bits per heavy atom. The lowest BCUT2D eigenvalue weighted by Crippen LogP contribution is -2.03. The van der Waals surface area contributed by atoms with Gasteiger partial charge >= 0.3 is 0 Å². The number of ether oxygens (including phenoxy) is 2. The quantitative estimate of drug-likeness (QED) is 0.389. The highest BCUT2D eigenvalue weighted by atomic mass is 16.5. The minimum atomic E-state index is -0.853. The molecule has 0 spiro atoms. The fourth-order valence-electron chi connectivity index (χ4n) is 2.77. The van der Waals surface area contributed by atoms with Crippen LogP contribution in [0, 0.1) is 4.91 Å². The number of rotatable bonds is 7. The largest absolute Gasteiger partial charge is 0.496 e. The van der Waals surface area contributed by atoms with Gasteiger partial charge in [-0.25, -0.2) is 0 Å². The van der Waals surface area contributed by atoms with E-state index in [1.165, 1.54) is 26.4 Å². The number of anilines is 1. The van der Waals surface area contributed by atoms with E-state index in [1.807, 2.05) is 19.9 Å². The summed E-state index contributed by atoms with van der Waals surface area (Å²) in [6.07, 6.45) is 1.44. The molecular formula is C18H22N2O5. The second-order valence-electron chi connectivity index (χ2n) is 5.82. The van der Waals surface area contributed by atoms with E-state index in [4.69, 9.17) is 9.47 Å². The molecule has 0 fully saturated rings. The molecule has 3 N–H and O–H groups in total. The van der Waals surface area contributed by atoms with Crippen molar-refractivity contribution in [1.82, 2.24) is 0 Å². The number of hydrogen-bond donors (Lipinski definition) is 3. The fraction of sp³-hybridized carbons (Fsp3) is 0.333. The van der Waals surface area contributed by atoms with Crippen LogP contribution in [-0.4, -0.2) is 24.5 Å². The first-order valence-electron chi connectivity index (χ1n) is 7.74. The molecule has 0 aliphatic heterocycles. The Hall–Kier alpha value is -2.64. The molecule has 0 unspecified atom stereocenters. The van der Waals surface area contributed by atoms with Gasteiger partial charge in [-0.1, -0.05) is 11.6 Å². The van der Waals surface area contributed by atoms with Crippen molar-refractivity contribution in [2.24, 2.45) is 5.18 Å². The van der Waals surface area contributed by atoms with Gasteiger partial charge in [0.05, 0.1) is 36.8 Å². The number of benzene rings is 2. The Morgan fingerprint density at radius 1 is 1.28 bits per heavy atom. The van der Waals surface area contributed by atoms with Gasteiger partial charge in [-0.05, 0) is 43.6 Å². The molecule has 7 nitrogen and oxygen atoms in total. The zero-order chi connectivity index (χ0) is 18.6. The molecule has 2 rings (SSSR count). The van der Waals surface area contributed by atoms with Crippen molar-refractivity contribution >= 4 is 22.1 Å². The summed E-state index contributed by atoms with van der Waals surface area (Å²) in [5.74, 6) is 0.696. The molecule has 0 saturated carbocycles. The molecule has 7 heteroatoms. The van der Waals surface area contributed by atoms with E-state index in [9.17, 15) is 15.2 Å². The van der Waals surface area contributed by atoms with Gasteiger partial charge in [-0.15, -0.1) is 4.91 Å². The van der Waals surface area contributed by atoms with Crippen molar-refractivity contribution in [2.45, 2.75) is 26.4 Å². The number of nitrogens with one attached hydrogen (secondary N) is 1. The molecule has 0 bridgehead atoms. The van der Waals surface area contributed by atoms with Crippen LogP contribution in [0.25, 0.3) is 10.8 Å². The van der Waals surface area contributed by atoms with Gasteiger partial charge in [0.2, 0.25) is 0 Å². The molecule has 2 aromatic rings. The van der Waals surface area contributed by atoms with E-state index in [0.29, 0.717) is 39.9 Å². The average molecular weight is 346 g/mol. The summed E-state index contributed by atoms with van der Waals surface area (Å²) in [6, 6.07) is 4.61. The van der Waals surface area contributed by atoms with E-state index in [0.717, 1.165) is 5.57 Å².